The van der Waals surface area contributed by atoms with Gasteiger partial charge in [-0.3, -0.25) is 9.69 Å². The molecule has 1 amide bonds. The highest BCUT2D eigenvalue weighted by molar-refractivity contribution is 6.02. The van der Waals surface area contributed by atoms with Crippen LogP contribution in [0, 0.1) is 11.8 Å². The zero-order valence-corrected chi connectivity index (χ0v) is 23.4. The van der Waals surface area contributed by atoms with Crippen molar-refractivity contribution in [2.75, 3.05) is 11.5 Å². The fourth-order valence-electron chi connectivity index (χ4n) is 5.37. The van der Waals surface area contributed by atoms with Gasteiger partial charge in [-0.05, 0) is 88.0 Å². The van der Waals surface area contributed by atoms with E-state index in [4.69, 9.17) is 9.84 Å². The predicted octanol–water partition coefficient (Wildman–Crippen LogP) is 6.96. The Bertz CT molecular complexity index is 1210. The van der Waals surface area contributed by atoms with Crippen LogP contribution in [0.5, 0.6) is 0 Å². The Labute approximate surface area is 227 Å². The third kappa shape index (κ3) is 6.35. The van der Waals surface area contributed by atoms with Crippen LogP contribution in [0.1, 0.15) is 87.7 Å². The number of ether oxygens (including phenoxy) is 1. The van der Waals surface area contributed by atoms with E-state index in [9.17, 15) is 9.59 Å². The molecular formula is C32H41N3O3. The number of aromatic nitrogens is 2. The molecule has 0 bridgehead atoms. The summed E-state index contributed by atoms with van der Waals surface area (Å²) in [4.78, 5) is 28.4. The van der Waals surface area contributed by atoms with Crippen molar-refractivity contribution in [2.45, 2.75) is 78.7 Å². The lowest BCUT2D eigenvalue weighted by molar-refractivity contribution is -0.124. The van der Waals surface area contributed by atoms with Crippen molar-refractivity contribution in [1.29, 1.82) is 0 Å². The first-order chi connectivity index (χ1) is 18.3. The summed E-state index contributed by atoms with van der Waals surface area (Å²) in [5.74, 6) is 0.982. The number of amides is 1. The molecule has 1 aliphatic rings. The van der Waals surface area contributed by atoms with Crippen LogP contribution in [0.4, 0.5) is 5.82 Å². The Kier molecular flexibility index (Phi) is 9.03. The Balaban J connectivity index is 1.61. The SMILES string of the molecule is CCOC(=O)c1cn(-c2ccc(CC(C)c3ccccc3)cc2)nc1N(C(=O)C1CCC(C)CC1)C(C)C. The maximum absolute atomic E-state index is 13.7. The van der Waals surface area contributed by atoms with Crippen LogP contribution in [0.3, 0.4) is 0 Å². The molecule has 38 heavy (non-hydrogen) atoms. The first-order valence-corrected chi connectivity index (χ1v) is 14.0. The van der Waals surface area contributed by atoms with Crippen LogP contribution in [0.2, 0.25) is 0 Å². The molecule has 0 aliphatic heterocycles. The highest BCUT2D eigenvalue weighted by Gasteiger charge is 2.34. The zero-order chi connectivity index (χ0) is 27.2. The first kappa shape index (κ1) is 27.6. The minimum Gasteiger partial charge on any atom is -0.462 e. The zero-order valence-electron chi connectivity index (χ0n) is 23.4. The normalized spacial score (nSPS) is 18.3. The number of carbonyl (C=O) groups excluding carboxylic acids is 2. The Morgan fingerprint density at radius 1 is 1.00 bits per heavy atom. The fourth-order valence-corrected chi connectivity index (χ4v) is 5.37. The summed E-state index contributed by atoms with van der Waals surface area (Å²) < 4.78 is 7.05. The van der Waals surface area contributed by atoms with E-state index in [1.165, 1.54) is 11.1 Å². The van der Waals surface area contributed by atoms with Crippen molar-refractivity contribution in [3.63, 3.8) is 0 Å². The summed E-state index contributed by atoms with van der Waals surface area (Å²) in [6.45, 7) is 10.5. The maximum atomic E-state index is 13.7. The van der Waals surface area contributed by atoms with E-state index in [2.05, 4.69) is 50.2 Å². The molecule has 202 valence electrons. The molecule has 0 spiro atoms. The number of hydrogen-bond acceptors (Lipinski definition) is 4. The van der Waals surface area contributed by atoms with E-state index < -0.39 is 5.97 Å². The van der Waals surface area contributed by atoms with Crippen LogP contribution in [-0.4, -0.2) is 34.3 Å². The van der Waals surface area contributed by atoms with Gasteiger partial charge in [-0.1, -0.05) is 56.3 Å². The lowest BCUT2D eigenvalue weighted by atomic mass is 9.82. The van der Waals surface area contributed by atoms with Crippen molar-refractivity contribution in [3.05, 3.63) is 77.5 Å². The molecule has 1 atom stereocenters. The lowest BCUT2D eigenvalue weighted by Gasteiger charge is -2.32. The summed E-state index contributed by atoms with van der Waals surface area (Å²) in [6, 6.07) is 18.6. The summed E-state index contributed by atoms with van der Waals surface area (Å²) in [6.07, 6.45) is 6.48. The van der Waals surface area contributed by atoms with Gasteiger partial charge in [0.15, 0.2) is 5.82 Å². The molecule has 1 unspecified atom stereocenters. The summed E-state index contributed by atoms with van der Waals surface area (Å²) in [5, 5.41) is 4.80. The molecule has 6 nitrogen and oxygen atoms in total. The third-order valence-electron chi connectivity index (χ3n) is 7.65. The number of hydrogen-bond donors (Lipinski definition) is 0. The van der Waals surface area contributed by atoms with Crippen molar-refractivity contribution < 1.29 is 14.3 Å². The average Bonchev–Trinajstić information content (AvgIpc) is 3.35. The smallest absolute Gasteiger partial charge is 0.343 e. The van der Waals surface area contributed by atoms with Crippen molar-refractivity contribution in [2.24, 2.45) is 11.8 Å². The molecule has 4 rings (SSSR count). The Hall–Kier alpha value is -3.41. The topological polar surface area (TPSA) is 64.4 Å². The van der Waals surface area contributed by atoms with E-state index in [0.717, 1.165) is 37.8 Å². The number of nitrogens with zero attached hydrogens (tertiary/aromatic N) is 3. The van der Waals surface area contributed by atoms with Gasteiger partial charge in [0.1, 0.15) is 5.56 Å². The van der Waals surface area contributed by atoms with Crippen LogP contribution < -0.4 is 4.90 Å². The van der Waals surface area contributed by atoms with Crippen molar-refractivity contribution >= 4 is 17.7 Å². The molecule has 1 heterocycles. The van der Waals surface area contributed by atoms with Gasteiger partial charge < -0.3 is 4.74 Å². The predicted molar refractivity (Wildman–Crippen MR) is 152 cm³/mol. The van der Waals surface area contributed by atoms with Crippen LogP contribution >= 0.6 is 0 Å². The molecule has 2 aromatic carbocycles. The van der Waals surface area contributed by atoms with Crippen LogP contribution in [0.25, 0.3) is 5.69 Å². The number of carbonyl (C=O) groups is 2. The quantitative estimate of drug-likeness (QED) is 0.289. The van der Waals surface area contributed by atoms with Gasteiger partial charge in [0.05, 0.1) is 12.3 Å². The first-order valence-electron chi connectivity index (χ1n) is 14.0. The molecule has 3 aromatic rings. The van der Waals surface area contributed by atoms with Gasteiger partial charge in [-0.2, -0.15) is 0 Å². The van der Waals surface area contributed by atoms with Crippen molar-refractivity contribution in [1.82, 2.24) is 9.78 Å². The molecular weight excluding hydrogens is 474 g/mol. The number of rotatable bonds is 9. The molecule has 0 radical (unpaired) electrons. The average molecular weight is 516 g/mol. The van der Waals surface area contributed by atoms with E-state index >= 15 is 0 Å². The van der Waals surface area contributed by atoms with Crippen LogP contribution in [-0.2, 0) is 16.0 Å². The maximum Gasteiger partial charge on any atom is 0.343 e. The molecule has 6 heteroatoms. The second kappa shape index (κ2) is 12.4. The Morgan fingerprint density at radius 2 is 1.66 bits per heavy atom. The van der Waals surface area contributed by atoms with Gasteiger partial charge in [0.2, 0.25) is 5.91 Å². The fraction of sp³-hybridized carbons (Fsp3) is 0.469. The summed E-state index contributed by atoms with van der Waals surface area (Å²) in [5.41, 5.74) is 3.70. The highest BCUT2D eigenvalue weighted by atomic mass is 16.5. The molecule has 0 N–H and O–H groups in total. The number of anilines is 1. The molecule has 1 saturated carbocycles. The summed E-state index contributed by atoms with van der Waals surface area (Å²) >= 11 is 0. The van der Waals surface area contributed by atoms with Gasteiger partial charge in [0.25, 0.3) is 0 Å². The van der Waals surface area contributed by atoms with Gasteiger partial charge in [-0.25, -0.2) is 9.48 Å². The monoisotopic (exact) mass is 515 g/mol. The van der Waals surface area contributed by atoms with E-state index in [1.54, 1.807) is 22.7 Å². The lowest BCUT2D eigenvalue weighted by Crippen LogP contribution is -2.43. The standard InChI is InChI=1S/C32H41N3O3/c1-6-38-32(37)29-21-34(28-18-14-25(15-19-28)20-24(5)26-10-8-7-9-11-26)33-30(29)35(22(2)3)31(36)27-16-12-23(4)13-17-27/h7-11,14-15,18-19,21-24,27H,6,12-13,16-17,20H2,1-5H3. The van der Waals surface area contributed by atoms with Crippen LogP contribution in [0.15, 0.2) is 60.8 Å². The molecule has 1 fully saturated rings. The number of benzene rings is 2. The molecule has 1 aromatic heterocycles. The van der Waals surface area contributed by atoms with Gasteiger partial charge in [-0.15, -0.1) is 5.10 Å². The molecule has 0 saturated heterocycles. The third-order valence-corrected chi connectivity index (χ3v) is 7.65. The highest BCUT2D eigenvalue weighted by Crippen LogP contribution is 2.33. The van der Waals surface area contributed by atoms with Gasteiger partial charge in [0, 0.05) is 18.2 Å². The van der Waals surface area contributed by atoms with E-state index in [1.807, 2.05) is 32.0 Å². The number of esters is 1. The Morgan fingerprint density at radius 3 is 2.26 bits per heavy atom. The minimum atomic E-state index is -0.460. The minimum absolute atomic E-state index is 0.0420. The molecule has 1 aliphatic carbocycles. The largest absolute Gasteiger partial charge is 0.462 e. The van der Waals surface area contributed by atoms with Crippen molar-refractivity contribution in [3.8, 4) is 5.69 Å². The van der Waals surface area contributed by atoms with E-state index in [0.29, 0.717) is 23.2 Å². The second-order valence-corrected chi connectivity index (χ2v) is 11.0. The van der Waals surface area contributed by atoms with E-state index in [-0.39, 0.29) is 24.5 Å². The second-order valence-electron chi connectivity index (χ2n) is 11.0. The summed E-state index contributed by atoms with van der Waals surface area (Å²) in [7, 11) is 0. The van der Waals surface area contributed by atoms with Gasteiger partial charge >= 0.3 is 5.97 Å².